The van der Waals surface area contributed by atoms with Crippen LogP contribution in [-0.2, 0) is 9.59 Å². The largest absolute Gasteiger partial charge is 0.486 e. The fourth-order valence-electron chi connectivity index (χ4n) is 3.77. The number of carbonyl (C=O) groups is 2. The number of ether oxygens (including phenoxy) is 4. The van der Waals surface area contributed by atoms with Crippen molar-refractivity contribution in [2.45, 2.75) is 13.0 Å². The number of hydrogen-bond acceptors (Lipinski definition) is 6. The number of carbonyl (C=O) groups excluding carboxylic acids is 2. The van der Waals surface area contributed by atoms with Gasteiger partial charge >= 0.3 is 0 Å². The van der Waals surface area contributed by atoms with Gasteiger partial charge in [-0.2, -0.15) is 0 Å². The zero-order valence-corrected chi connectivity index (χ0v) is 19.1. The second kappa shape index (κ2) is 9.80. The summed E-state index contributed by atoms with van der Waals surface area (Å²) >= 11 is 0. The van der Waals surface area contributed by atoms with Crippen LogP contribution < -0.4 is 29.6 Å². The molecule has 5 rings (SSSR count). The Hall–Kier alpha value is -4.46. The first-order valence-corrected chi connectivity index (χ1v) is 11.2. The molecule has 0 saturated heterocycles. The molecule has 0 aromatic heterocycles. The van der Waals surface area contributed by atoms with Crippen molar-refractivity contribution in [3.05, 3.63) is 83.4 Å². The molecule has 3 aromatic rings. The number of aryl methyl sites for hydroxylation is 1. The molecule has 0 fully saturated rings. The van der Waals surface area contributed by atoms with Crippen LogP contribution in [0.1, 0.15) is 22.7 Å². The van der Waals surface area contributed by atoms with Gasteiger partial charge in [-0.25, -0.2) is 0 Å². The molecule has 2 amide bonds. The van der Waals surface area contributed by atoms with Crippen molar-refractivity contribution in [3.8, 4) is 23.0 Å². The fraction of sp³-hybridized carbons (Fsp3) is 0.185. The third kappa shape index (κ3) is 5.22. The second-order valence-corrected chi connectivity index (χ2v) is 8.15. The minimum absolute atomic E-state index is 0.180. The van der Waals surface area contributed by atoms with E-state index in [2.05, 4.69) is 10.6 Å². The van der Waals surface area contributed by atoms with Crippen molar-refractivity contribution in [1.29, 1.82) is 0 Å². The first-order chi connectivity index (χ1) is 17.0. The lowest BCUT2D eigenvalue weighted by molar-refractivity contribution is -0.123. The van der Waals surface area contributed by atoms with Crippen LogP contribution in [0.15, 0.2) is 66.7 Å². The average molecular weight is 472 g/mol. The molecule has 8 heteroatoms. The van der Waals surface area contributed by atoms with Gasteiger partial charge in [0, 0.05) is 17.8 Å². The molecule has 178 valence electrons. The van der Waals surface area contributed by atoms with Crippen molar-refractivity contribution < 1.29 is 28.5 Å². The standard InChI is InChI=1S/C27H24N2O6/c1-17-2-6-19(7-3-17)26(27(31)28-20-8-10-21-24(15-20)33-13-12-32-21)29-25(30)11-5-18-4-9-22-23(14-18)35-16-34-22/h2-11,14-15,26H,12-13,16H2,1H3,(H,28,31)(H,29,30)/b11-5-/t26-/m1/s1. The summed E-state index contributed by atoms with van der Waals surface area (Å²) in [6, 6.07) is 17.1. The lowest BCUT2D eigenvalue weighted by atomic mass is 10.0. The molecule has 8 nitrogen and oxygen atoms in total. The van der Waals surface area contributed by atoms with E-state index in [4.69, 9.17) is 18.9 Å². The quantitative estimate of drug-likeness (QED) is 0.527. The van der Waals surface area contributed by atoms with Gasteiger partial charge in [0.05, 0.1) is 0 Å². The highest BCUT2D eigenvalue weighted by Crippen LogP contribution is 2.34. The van der Waals surface area contributed by atoms with Crippen LogP contribution >= 0.6 is 0 Å². The van der Waals surface area contributed by atoms with E-state index < -0.39 is 11.9 Å². The predicted molar refractivity (Wildman–Crippen MR) is 130 cm³/mol. The summed E-state index contributed by atoms with van der Waals surface area (Å²) < 4.78 is 21.8. The normalized spacial score (nSPS) is 14.4. The van der Waals surface area contributed by atoms with Crippen molar-refractivity contribution in [3.63, 3.8) is 0 Å². The van der Waals surface area contributed by atoms with Gasteiger partial charge in [0.15, 0.2) is 23.0 Å². The Morgan fingerprint density at radius 1 is 0.829 bits per heavy atom. The number of rotatable bonds is 6. The Morgan fingerprint density at radius 3 is 2.34 bits per heavy atom. The van der Waals surface area contributed by atoms with E-state index in [-0.39, 0.29) is 12.7 Å². The third-order valence-corrected chi connectivity index (χ3v) is 5.59. The minimum Gasteiger partial charge on any atom is -0.486 e. The van der Waals surface area contributed by atoms with Crippen LogP contribution in [0.2, 0.25) is 0 Å². The van der Waals surface area contributed by atoms with E-state index >= 15 is 0 Å². The van der Waals surface area contributed by atoms with E-state index in [0.29, 0.717) is 47.5 Å². The summed E-state index contributed by atoms with van der Waals surface area (Å²) in [5, 5.41) is 5.68. The van der Waals surface area contributed by atoms with Crippen molar-refractivity contribution in [2.75, 3.05) is 25.3 Å². The molecular formula is C27H24N2O6. The molecule has 35 heavy (non-hydrogen) atoms. The second-order valence-electron chi connectivity index (χ2n) is 8.15. The van der Waals surface area contributed by atoms with Crippen LogP contribution in [0.25, 0.3) is 6.08 Å². The summed E-state index contributed by atoms with van der Waals surface area (Å²) in [7, 11) is 0. The number of anilines is 1. The minimum atomic E-state index is -0.905. The smallest absolute Gasteiger partial charge is 0.251 e. The fourth-order valence-corrected chi connectivity index (χ4v) is 3.77. The molecule has 2 aliphatic heterocycles. The molecule has 0 bridgehead atoms. The number of fused-ring (bicyclic) bond motifs is 2. The Bertz CT molecular complexity index is 1290. The number of benzene rings is 3. The lowest BCUT2D eigenvalue weighted by Crippen LogP contribution is -2.36. The van der Waals surface area contributed by atoms with Gasteiger partial charge in [0.2, 0.25) is 12.7 Å². The third-order valence-electron chi connectivity index (χ3n) is 5.59. The summed E-state index contributed by atoms with van der Waals surface area (Å²) in [4.78, 5) is 26.0. The first-order valence-electron chi connectivity index (χ1n) is 11.2. The summed E-state index contributed by atoms with van der Waals surface area (Å²) in [6.45, 7) is 3.07. The summed E-state index contributed by atoms with van der Waals surface area (Å²) in [5.41, 5.74) is 3.03. The highest BCUT2D eigenvalue weighted by molar-refractivity contribution is 6.00. The first kappa shape index (κ1) is 22.3. The Kier molecular flexibility index (Phi) is 6.26. The molecule has 0 saturated carbocycles. The summed E-state index contributed by atoms with van der Waals surface area (Å²) in [5.74, 6) is 1.70. The van der Waals surface area contributed by atoms with E-state index in [1.54, 1.807) is 36.4 Å². The van der Waals surface area contributed by atoms with E-state index in [9.17, 15) is 9.59 Å². The number of hydrogen-bond donors (Lipinski definition) is 2. The van der Waals surface area contributed by atoms with Crippen LogP contribution in [0.3, 0.4) is 0 Å². The molecule has 0 radical (unpaired) electrons. The molecule has 3 aromatic carbocycles. The number of nitrogens with one attached hydrogen (secondary N) is 2. The SMILES string of the molecule is Cc1ccc([C@@H](NC(=O)/C=C\c2ccc3c(c2)OCO3)C(=O)Nc2ccc3c(c2)OCCO3)cc1. The molecule has 1 atom stereocenters. The van der Waals surface area contributed by atoms with E-state index in [1.165, 1.54) is 6.08 Å². The van der Waals surface area contributed by atoms with Gasteiger partial charge in [-0.15, -0.1) is 0 Å². The summed E-state index contributed by atoms with van der Waals surface area (Å²) in [6.07, 6.45) is 3.04. The van der Waals surface area contributed by atoms with E-state index in [0.717, 1.165) is 11.1 Å². The molecule has 2 aliphatic rings. The molecule has 0 spiro atoms. The van der Waals surface area contributed by atoms with Gasteiger partial charge in [0.25, 0.3) is 5.91 Å². The monoisotopic (exact) mass is 472 g/mol. The number of amides is 2. The highest BCUT2D eigenvalue weighted by atomic mass is 16.7. The van der Waals surface area contributed by atoms with Gasteiger partial charge < -0.3 is 29.6 Å². The Labute approximate surface area is 202 Å². The van der Waals surface area contributed by atoms with Gasteiger partial charge in [-0.1, -0.05) is 35.9 Å². The van der Waals surface area contributed by atoms with Crippen LogP contribution in [-0.4, -0.2) is 31.8 Å². The maximum Gasteiger partial charge on any atom is 0.251 e. The van der Waals surface area contributed by atoms with Crippen molar-refractivity contribution >= 4 is 23.6 Å². The van der Waals surface area contributed by atoms with Crippen molar-refractivity contribution in [1.82, 2.24) is 5.32 Å². The van der Waals surface area contributed by atoms with Crippen molar-refractivity contribution in [2.24, 2.45) is 0 Å². The topological polar surface area (TPSA) is 95.1 Å². The molecule has 0 unspecified atom stereocenters. The molecular weight excluding hydrogens is 448 g/mol. The molecule has 2 N–H and O–H groups in total. The van der Waals surface area contributed by atoms with Gasteiger partial charge in [0.1, 0.15) is 19.3 Å². The maximum atomic E-state index is 13.3. The maximum absolute atomic E-state index is 13.3. The lowest BCUT2D eigenvalue weighted by Gasteiger charge is -2.21. The molecule has 0 aliphatic carbocycles. The van der Waals surface area contributed by atoms with Gasteiger partial charge in [-0.3, -0.25) is 9.59 Å². The zero-order valence-electron chi connectivity index (χ0n) is 19.1. The average Bonchev–Trinajstić information content (AvgIpc) is 3.34. The van der Waals surface area contributed by atoms with Crippen LogP contribution in [0.5, 0.6) is 23.0 Å². The zero-order chi connectivity index (χ0) is 24.2. The molecule has 2 heterocycles. The van der Waals surface area contributed by atoms with Crippen LogP contribution in [0.4, 0.5) is 5.69 Å². The Morgan fingerprint density at radius 2 is 1.51 bits per heavy atom. The van der Waals surface area contributed by atoms with Crippen LogP contribution in [0, 0.1) is 6.92 Å². The Balaban J connectivity index is 1.32. The predicted octanol–water partition coefficient (Wildman–Crippen LogP) is 4.00. The van der Waals surface area contributed by atoms with E-state index in [1.807, 2.05) is 37.3 Å². The van der Waals surface area contributed by atoms with Gasteiger partial charge in [-0.05, 0) is 48.4 Å². The highest BCUT2D eigenvalue weighted by Gasteiger charge is 2.23.